The molecule has 0 fully saturated rings. The monoisotopic (exact) mass is 389 g/mol. The lowest BCUT2D eigenvalue weighted by Gasteiger charge is -2.36. The van der Waals surface area contributed by atoms with Gasteiger partial charge in [0.25, 0.3) is 5.91 Å². The second-order valence-corrected chi connectivity index (χ2v) is 7.05. The van der Waals surface area contributed by atoms with Gasteiger partial charge in [0.05, 0.1) is 12.2 Å². The maximum Gasteiger partial charge on any atom is 0.265 e. The van der Waals surface area contributed by atoms with Crippen LogP contribution in [-0.4, -0.2) is 42.7 Å². The Hall–Kier alpha value is -2.31. The predicted octanol–water partition coefficient (Wildman–Crippen LogP) is 3.70. The Morgan fingerprint density at radius 3 is 2.73 bits per heavy atom. The second-order valence-electron chi connectivity index (χ2n) is 6.26. The molecule has 0 spiro atoms. The lowest BCUT2D eigenvalue weighted by Crippen LogP contribution is -2.51. The molecule has 0 aromatic heterocycles. The number of nitrogens with zero attached hydrogens (tertiary/aromatic N) is 2. The molecule has 26 heavy (non-hydrogen) atoms. The first-order valence-corrected chi connectivity index (χ1v) is 8.97. The molecule has 1 heterocycles. The smallest absolute Gasteiger partial charge is 0.265 e. The maximum absolute atomic E-state index is 12.4. The Morgan fingerprint density at radius 2 is 2.00 bits per heavy atom. The van der Waals surface area contributed by atoms with Crippen LogP contribution in [0.15, 0.2) is 42.5 Å². The number of para-hydroxylation sites is 2. The fourth-order valence-corrected chi connectivity index (χ4v) is 3.23. The molecule has 1 amide bonds. The molecule has 1 atom stereocenters. The summed E-state index contributed by atoms with van der Waals surface area (Å²) in [6.07, 6.45) is -0.625. The molecular formula is C19H20ClN3O2S. The molecule has 2 aromatic carbocycles. The average Bonchev–Trinajstić information content (AvgIpc) is 2.63. The van der Waals surface area contributed by atoms with Crippen molar-refractivity contribution in [2.45, 2.75) is 13.0 Å². The molecule has 1 unspecified atom stereocenters. The molecule has 1 N–H and O–H groups in total. The third-order valence-electron chi connectivity index (χ3n) is 4.24. The predicted molar refractivity (Wildman–Crippen MR) is 109 cm³/mol. The highest BCUT2D eigenvalue weighted by atomic mass is 35.5. The number of nitrogens with one attached hydrogen (secondary N) is 1. The highest BCUT2D eigenvalue weighted by molar-refractivity contribution is 7.80. The largest absolute Gasteiger partial charge is 0.476 e. The van der Waals surface area contributed by atoms with Crippen LogP contribution in [0.1, 0.15) is 5.56 Å². The first-order chi connectivity index (χ1) is 12.4. The minimum absolute atomic E-state index is 0.105. The molecule has 0 aliphatic carbocycles. The van der Waals surface area contributed by atoms with Gasteiger partial charge in [-0.3, -0.25) is 4.79 Å². The zero-order chi connectivity index (χ0) is 18.8. The van der Waals surface area contributed by atoms with E-state index in [4.69, 9.17) is 28.6 Å². The second kappa shape index (κ2) is 7.51. The summed E-state index contributed by atoms with van der Waals surface area (Å²) in [6.45, 7) is 2.26. The van der Waals surface area contributed by atoms with E-state index in [1.54, 1.807) is 14.1 Å². The fraction of sp³-hybridized carbons (Fsp3) is 0.263. The number of likely N-dealkylation sites (N-methyl/N-ethyl adjacent to an activating group) is 1. The van der Waals surface area contributed by atoms with E-state index in [0.29, 0.717) is 22.4 Å². The highest BCUT2D eigenvalue weighted by Gasteiger charge is 2.33. The number of carbonyl (C=O) groups is 1. The molecule has 2 aromatic rings. The Balaban J connectivity index is 1.90. The SMILES string of the molecule is Cc1c(Cl)cccc1NC(=S)N1CC(C(=O)N(C)C)Oc2ccccc21. The van der Waals surface area contributed by atoms with Gasteiger partial charge in [0.1, 0.15) is 5.75 Å². The summed E-state index contributed by atoms with van der Waals surface area (Å²) in [4.78, 5) is 15.8. The zero-order valence-corrected chi connectivity index (χ0v) is 16.4. The first-order valence-electron chi connectivity index (χ1n) is 8.19. The molecule has 1 aliphatic rings. The summed E-state index contributed by atoms with van der Waals surface area (Å²) in [6, 6.07) is 13.2. The molecule has 0 bridgehead atoms. The Labute approximate surface area is 163 Å². The van der Waals surface area contributed by atoms with Crippen LogP contribution in [0.25, 0.3) is 0 Å². The van der Waals surface area contributed by atoms with Gasteiger partial charge in [0.15, 0.2) is 11.2 Å². The minimum atomic E-state index is -0.625. The molecule has 1 aliphatic heterocycles. The summed E-state index contributed by atoms with van der Waals surface area (Å²) < 4.78 is 5.89. The van der Waals surface area contributed by atoms with Gasteiger partial charge in [0.2, 0.25) is 0 Å². The van der Waals surface area contributed by atoms with Gasteiger partial charge < -0.3 is 19.9 Å². The number of benzene rings is 2. The van der Waals surface area contributed by atoms with Crippen LogP contribution in [-0.2, 0) is 4.79 Å². The summed E-state index contributed by atoms with van der Waals surface area (Å²) >= 11 is 11.8. The highest BCUT2D eigenvalue weighted by Crippen LogP contribution is 2.34. The average molecular weight is 390 g/mol. The van der Waals surface area contributed by atoms with Crippen molar-refractivity contribution >= 4 is 46.2 Å². The van der Waals surface area contributed by atoms with Crippen LogP contribution in [0.5, 0.6) is 5.75 Å². The number of amides is 1. The van der Waals surface area contributed by atoms with Gasteiger partial charge in [-0.2, -0.15) is 0 Å². The summed E-state index contributed by atoms with van der Waals surface area (Å²) in [5.74, 6) is 0.525. The topological polar surface area (TPSA) is 44.8 Å². The molecule has 0 saturated carbocycles. The maximum atomic E-state index is 12.4. The molecule has 7 heteroatoms. The number of anilines is 2. The van der Waals surface area contributed by atoms with E-state index in [1.807, 2.05) is 54.3 Å². The van der Waals surface area contributed by atoms with Gasteiger partial charge in [-0.25, -0.2) is 0 Å². The van der Waals surface area contributed by atoms with Crippen LogP contribution < -0.4 is 15.0 Å². The van der Waals surface area contributed by atoms with Gasteiger partial charge in [0, 0.05) is 24.8 Å². The van der Waals surface area contributed by atoms with Gasteiger partial charge in [-0.1, -0.05) is 29.8 Å². The quantitative estimate of drug-likeness (QED) is 0.793. The number of rotatable bonds is 2. The Kier molecular flexibility index (Phi) is 5.34. The molecule has 0 saturated heterocycles. The molecular weight excluding hydrogens is 370 g/mol. The van der Waals surface area contributed by atoms with E-state index in [9.17, 15) is 4.79 Å². The lowest BCUT2D eigenvalue weighted by molar-refractivity contribution is -0.135. The van der Waals surface area contributed by atoms with E-state index in [-0.39, 0.29) is 5.91 Å². The normalized spacial score (nSPS) is 15.7. The van der Waals surface area contributed by atoms with E-state index in [0.717, 1.165) is 16.9 Å². The molecule has 136 valence electrons. The number of hydrogen-bond donors (Lipinski definition) is 1. The van der Waals surface area contributed by atoms with Crippen molar-refractivity contribution in [2.75, 3.05) is 30.9 Å². The Morgan fingerprint density at radius 1 is 1.27 bits per heavy atom. The number of ether oxygens (including phenoxy) is 1. The van der Waals surface area contributed by atoms with Crippen molar-refractivity contribution in [1.29, 1.82) is 0 Å². The molecule has 3 rings (SSSR count). The Bertz CT molecular complexity index is 856. The standard InChI is InChI=1S/C19H20ClN3O2S/c1-12-13(20)7-6-8-14(12)21-19(26)23-11-17(18(24)22(2)3)25-16-10-5-4-9-15(16)23/h4-10,17H,11H2,1-3H3,(H,21,26). The lowest BCUT2D eigenvalue weighted by atomic mass is 10.1. The fourth-order valence-electron chi connectivity index (χ4n) is 2.77. The minimum Gasteiger partial charge on any atom is -0.476 e. The van der Waals surface area contributed by atoms with Crippen LogP contribution in [0, 0.1) is 6.92 Å². The van der Waals surface area contributed by atoms with Crippen LogP contribution in [0.3, 0.4) is 0 Å². The summed E-state index contributed by atoms with van der Waals surface area (Å²) in [5.41, 5.74) is 2.58. The van der Waals surface area contributed by atoms with Crippen LogP contribution in [0.2, 0.25) is 5.02 Å². The zero-order valence-electron chi connectivity index (χ0n) is 14.8. The van der Waals surface area contributed by atoms with Crippen molar-refractivity contribution < 1.29 is 9.53 Å². The van der Waals surface area contributed by atoms with Crippen LogP contribution in [0.4, 0.5) is 11.4 Å². The van der Waals surface area contributed by atoms with Gasteiger partial charge in [-0.05, 0) is 49.0 Å². The van der Waals surface area contributed by atoms with Crippen molar-refractivity contribution in [3.05, 3.63) is 53.1 Å². The van der Waals surface area contributed by atoms with Crippen molar-refractivity contribution in [3.63, 3.8) is 0 Å². The van der Waals surface area contributed by atoms with E-state index < -0.39 is 6.10 Å². The van der Waals surface area contributed by atoms with E-state index >= 15 is 0 Å². The molecule has 0 radical (unpaired) electrons. The van der Waals surface area contributed by atoms with Crippen LogP contribution >= 0.6 is 23.8 Å². The van der Waals surface area contributed by atoms with Crippen molar-refractivity contribution in [3.8, 4) is 5.75 Å². The van der Waals surface area contributed by atoms with Gasteiger partial charge in [-0.15, -0.1) is 0 Å². The third-order valence-corrected chi connectivity index (χ3v) is 4.98. The number of fused-ring (bicyclic) bond motifs is 1. The van der Waals surface area contributed by atoms with E-state index in [2.05, 4.69) is 5.32 Å². The number of carbonyl (C=O) groups excluding carboxylic acids is 1. The van der Waals surface area contributed by atoms with Crippen molar-refractivity contribution in [1.82, 2.24) is 4.90 Å². The number of halogens is 1. The molecule has 5 nitrogen and oxygen atoms in total. The van der Waals surface area contributed by atoms with E-state index in [1.165, 1.54) is 4.90 Å². The van der Waals surface area contributed by atoms with Crippen molar-refractivity contribution in [2.24, 2.45) is 0 Å². The number of thiocarbonyl (C=S) groups is 1. The summed E-state index contributed by atoms with van der Waals surface area (Å²) in [5, 5.41) is 4.40. The first kappa shape index (κ1) is 18.5. The third kappa shape index (κ3) is 3.61. The summed E-state index contributed by atoms with van der Waals surface area (Å²) in [7, 11) is 3.42. The number of hydrogen-bond acceptors (Lipinski definition) is 3. The van der Waals surface area contributed by atoms with Gasteiger partial charge >= 0.3 is 0 Å².